The summed E-state index contributed by atoms with van der Waals surface area (Å²) >= 11 is 0. The minimum absolute atomic E-state index is 0.0406. The normalized spacial score (nSPS) is 39.8. The zero-order valence-electron chi connectivity index (χ0n) is 10.1. The second-order valence-electron chi connectivity index (χ2n) is 5.49. The lowest BCUT2D eigenvalue weighted by molar-refractivity contribution is -0.111. The third-order valence-corrected chi connectivity index (χ3v) is 3.36. The molecule has 2 fully saturated rings. The van der Waals surface area contributed by atoms with Crippen molar-refractivity contribution in [3.8, 4) is 0 Å². The Kier molecular flexibility index (Phi) is 3.06. The van der Waals surface area contributed by atoms with E-state index in [1.54, 1.807) is 0 Å². The van der Waals surface area contributed by atoms with Crippen LogP contribution < -0.4 is 5.32 Å². The topological polar surface area (TPSA) is 30.5 Å². The molecule has 2 atom stereocenters. The SMILES string of the molecule is CCCC1CCOC2(COC(C)(C)C2)N1. The molecule has 0 amide bonds. The molecule has 3 heteroatoms. The zero-order chi connectivity index (χ0) is 10.9. The van der Waals surface area contributed by atoms with E-state index in [1.165, 1.54) is 12.8 Å². The molecule has 1 N–H and O–H groups in total. The smallest absolute Gasteiger partial charge is 0.145 e. The van der Waals surface area contributed by atoms with Crippen LogP contribution in [0.1, 0.15) is 46.5 Å². The molecular weight excluding hydrogens is 190 g/mol. The Hall–Kier alpha value is -0.120. The lowest BCUT2D eigenvalue weighted by Gasteiger charge is -2.39. The Bertz CT molecular complexity index is 228. The molecule has 2 rings (SSSR count). The lowest BCUT2D eigenvalue weighted by atomic mass is 9.96. The van der Waals surface area contributed by atoms with Gasteiger partial charge in [0.15, 0.2) is 0 Å². The molecule has 2 aliphatic rings. The second kappa shape index (κ2) is 4.04. The molecule has 0 aromatic heterocycles. The van der Waals surface area contributed by atoms with E-state index >= 15 is 0 Å². The van der Waals surface area contributed by atoms with E-state index in [0.29, 0.717) is 12.6 Å². The monoisotopic (exact) mass is 213 g/mol. The van der Waals surface area contributed by atoms with Gasteiger partial charge in [-0.25, -0.2) is 0 Å². The summed E-state index contributed by atoms with van der Waals surface area (Å²) in [5.74, 6) is 0. The molecule has 0 radical (unpaired) electrons. The van der Waals surface area contributed by atoms with Crippen molar-refractivity contribution in [1.29, 1.82) is 0 Å². The molecule has 0 aromatic rings. The van der Waals surface area contributed by atoms with Gasteiger partial charge in [-0.2, -0.15) is 0 Å². The number of nitrogens with one attached hydrogen (secondary N) is 1. The summed E-state index contributed by atoms with van der Waals surface area (Å²) < 4.78 is 11.7. The van der Waals surface area contributed by atoms with Gasteiger partial charge < -0.3 is 9.47 Å². The van der Waals surface area contributed by atoms with Gasteiger partial charge in [-0.1, -0.05) is 13.3 Å². The molecular formula is C12H23NO2. The first-order valence-electron chi connectivity index (χ1n) is 6.11. The van der Waals surface area contributed by atoms with Crippen molar-refractivity contribution in [2.75, 3.05) is 13.2 Å². The van der Waals surface area contributed by atoms with Gasteiger partial charge >= 0.3 is 0 Å². The predicted molar refractivity (Wildman–Crippen MR) is 59.8 cm³/mol. The van der Waals surface area contributed by atoms with Gasteiger partial charge in [0.25, 0.3) is 0 Å². The first-order valence-corrected chi connectivity index (χ1v) is 6.11. The van der Waals surface area contributed by atoms with Gasteiger partial charge in [-0.15, -0.1) is 0 Å². The van der Waals surface area contributed by atoms with E-state index in [2.05, 4.69) is 26.1 Å². The van der Waals surface area contributed by atoms with Gasteiger partial charge in [0.1, 0.15) is 5.72 Å². The summed E-state index contributed by atoms with van der Waals surface area (Å²) in [4.78, 5) is 0. The van der Waals surface area contributed by atoms with Crippen molar-refractivity contribution in [2.24, 2.45) is 0 Å². The van der Waals surface area contributed by atoms with Crippen LogP contribution in [0, 0.1) is 0 Å². The Morgan fingerprint density at radius 3 is 2.73 bits per heavy atom. The predicted octanol–water partition coefficient (Wildman–Crippen LogP) is 2.06. The van der Waals surface area contributed by atoms with Crippen LogP contribution in [0.5, 0.6) is 0 Å². The second-order valence-corrected chi connectivity index (χ2v) is 5.49. The maximum atomic E-state index is 5.90. The summed E-state index contributed by atoms with van der Waals surface area (Å²) in [6.07, 6.45) is 4.57. The molecule has 0 bridgehead atoms. The molecule has 0 saturated carbocycles. The van der Waals surface area contributed by atoms with Crippen LogP contribution in [0.2, 0.25) is 0 Å². The Labute approximate surface area is 92.5 Å². The number of rotatable bonds is 2. The molecule has 88 valence electrons. The average Bonchev–Trinajstić information content (AvgIpc) is 2.42. The van der Waals surface area contributed by atoms with E-state index in [1.807, 2.05) is 0 Å². The van der Waals surface area contributed by atoms with Crippen molar-refractivity contribution < 1.29 is 9.47 Å². The molecule has 0 aliphatic carbocycles. The van der Waals surface area contributed by atoms with Crippen LogP contribution in [0.3, 0.4) is 0 Å². The number of ether oxygens (including phenoxy) is 2. The fourth-order valence-corrected chi connectivity index (χ4v) is 2.73. The van der Waals surface area contributed by atoms with Crippen molar-refractivity contribution in [1.82, 2.24) is 5.32 Å². The molecule has 2 heterocycles. The standard InChI is InChI=1S/C12H23NO2/c1-4-5-10-6-7-14-12(13-10)8-11(2,3)15-9-12/h10,13H,4-9H2,1-3H3. The maximum absolute atomic E-state index is 5.90. The van der Waals surface area contributed by atoms with Crippen LogP contribution in [0.15, 0.2) is 0 Å². The molecule has 0 aromatic carbocycles. The third kappa shape index (κ3) is 2.52. The van der Waals surface area contributed by atoms with Crippen LogP contribution in [-0.4, -0.2) is 30.6 Å². The van der Waals surface area contributed by atoms with Crippen molar-refractivity contribution in [2.45, 2.75) is 63.8 Å². The van der Waals surface area contributed by atoms with Gasteiger partial charge in [0.05, 0.1) is 18.8 Å². The molecule has 1 spiro atoms. The van der Waals surface area contributed by atoms with Crippen LogP contribution >= 0.6 is 0 Å². The third-order valence-electron chi connectivity index (χ3n) is 3.36. The summed E-state index contributed by atoms with van der Waals surface area (Å²) in [7, 11) is 0. The zero-order valence-corrected chi connectivity index (χ0v) is 10.1. The molecule has 2 unspecified atom stereocenters. The maximum Gasteiger partial charge on any atom is 0.145 e. The van der Waals surface area contributed by atoms with E-state index in [-0.39, 0.29) is 11.3 Å². The minimum Gasteiger partial charge on any atom is -0.371 e. The summed E-state index contributed by atoms with van der Waals surface area (Å²) in [6.45, 7) is 8.07. The van der Waals surface area contributed by atoms with Crippen LogP contribution in [0.4, 0.5) is 0 Å². The van der Waals surface area contributed by atoms with Crippen LogP contribution in [-0.2, 0) is 9.47 Å². The van der Waals surface area contributed by atoms with Crippen molar-refractivity contribution in [3.63, 3.8) is 0 Å². The quantitative estimate of drug-likeness (QED) is 0.761. The first-order chi connectivity index (χ1) is 7.05. The number of hydrogen-bond donors (Lipinski definition) is 1. The molecule has 15 heavy (non-hydrogen) atoms. The van der Waals surface area contributed by atoms with Gasteiger partial charge in [0, 0.05) is 12.5 Å². The lowest BCUT2D eigenvalue weighted by Crippen LogP contribution is -2.57. The van der Waals surface area contributed by atoms with E-state index in [0.717, 1.165) is 19.4 Å². The van der Waals surface area contributed by atoms with E-state index < -0.39 is 0 Å². The summed E-state index contributed by atoms with van der Waals surface area (Å²) in [6, 6.07) is 0.612. The van der Waals surface area contributed by atoms with Crippen LogP contribution in [0.25, 0.3) is 0 Å². The van der Waals surface area contributed by atoms with Gasteiger partial charge in [0.2, 0.25) is 0 Å². The minimum atomic E-state index is -0.193. The van der Waals surface area contributed by atoms with Crippen molar-refractivity contribution >= 4 is 0 Å². The highest BCUT2D eigenvalue weighted by Gasteiger charge is 2.47. The summed E-state index contributed by atoms with van der Waals surface area (Å²) in [5.41, 5.74) is -0.233. The Balaban J connectivity index is 1.97. The molecule has 2 aliphatic heterocycles. The van der Waals surface area contributed by atoms with Gasteiger partial charge in [-0.3, -0.25) is 5.32 Å². The number of hydrogen-bond acceptors (Lipinski definition) is 3. The Morgan fingerprint density at radius 2 is 2.13 bits per heavy atom. The van der Waals surface area contributed by atoms with Gasteiger partial charge in [-0.05, 0) is 26.7 Å². The highest BCUT2D eigenvalue weighted by atomic mass is 16.6. The van der Waals surface area contributed by atoms with E-state index in [9.17, 15) is 0 Å². The summed E-state index contributed by atoms with van der Waals surface area (Å²) in [5, 5.41) is 3.64. The largest absolute Gasteiger partial charge is 0.371 e. The highest BCUT2D eigenvalue weighted by molar-refractivity contribution is 4.96. The Morgan fingerprint density at radius 1 is 1.33 bits per heavy atom. The van der Waals surface area contributed by atoms with Crippen molar-refractivity contribution in [3.05, 3.63) is 0 Å². The molecule has 3 nitrogen and oxygen atoms in total. The average molecular weight is 213 g/mol. The molecule has 2 saturated heterocycles. The highest BCUT2D eigenvalue weighted by Crippen LogP contribution is 2.36. The fourth-order valence-electron chi connectivity index (χ4n) is 2.73. The fraction of sp³-hybridized carbons (Fsp3) is 1.00. The first kappa shape index (κ1) is 11.4. The van der Waals surface area contributed by atoms with E-state index in [4.69, 9.17) is 9.47 Å².